The lowest BCUT2D eigenvalue weighted by atomic mass is 9.98. The van der Waals surface area contributed by atoms with Crippen molar-refractivity contribution in [1.29, 1.82) is 5.26 Å². The van der Waals surface area contributed by atoms with E-state index in [-0.39, 0.29) is 24.1 Å². The highest BCUT2D eigenvalue weighted by Crippen LogP contribution is 2.23. The first kappa shape index (κ1) is 20.1. The first-order valence-corrected chi connectivity index (χ1v) is 10.9. The number of anilines is 1. The predicted octanol–water partition coefficient (Wildman–Crippen LogP) is 2.93. The Balaban J connectivity index is 1.62. The number of hydrogen-bond acceptors (Lipinski definition) is 4. The molecule has 2 aromatic carbocycles. The van der Waals surface area contributed by atoms with Crippen LogP contribution < -0.4 is 5.32 Å². The summed E-state index contributed by atoms with van der Waals surface area (Å²) < 4.78 is 26.9. The van der Waals surface area contributed by atoms with Crippen LogP contribution >= 0.6 is 0 Å². The first-order chi connectivity index (χ1) is 13.5. The molecule has 146 valence electrons. The second-order valence-corrected chi connectivity index (χ2v) is 8.93. The first-order valence-electron chi connectivity index (χ1n) is 9.26. The van der Waals surface area contributed by atoms with Gasteiger partial charge >= 0.3 is 0 Å². The van der Waals surface area contributed by atoms with Gasteiger partial charge in [0, 0.05) is 18.8 Å². The summed E-state index contributed by atoms with van der Waals surface area (Å²) in [6.07, 6.45) is 1.65. The molecular formula is C21H23N3O3S. The van der Waals surface area contributed by atoms with Crippen LogP contribution in [-0.2, 0) is 27.0 Å². The number of sulfonamides is 1. The van der Waals surface area contributed by atoms with Crippen molar-refractivity contribution < 1.29 is 13.2 Å². The third-order valence-corrected chi connectivity index (χ3v) is 6.66. The molecule has 1 fully saturated rings. The van der Waals surface area contributed by atoms with Gasteiger partial charge in [0.1, 0.15) is 0 Å². The Bertz CT molecular complexity index is 951. The molecule has 1 N–H and O–H groups in total. The highest BCUT2D eigenvalue weighted by atomic mass is 32.2. The van der Waals surface area contributed by atoms with Crippen LogP contribution in [0.3, 0.4) is 0 Å². The summed E-state index contributed by atoms with van der Waals surface area (Å²) >= 11 is 0. The van der Waals surface area contributed by atoms with Crippen molar-refractivity contribution in [3.8, 4) is 6.07 Å². The number of nitrogens with one attached hydrogen (secondary N) is 1. The summed E-state index contributed by atoms with van der Waals surface area (Å²) in [5.41, 5.74) is 2.28. The average molecular weight is 398 g/mol. The van der Waals surface area contributed by atoms with Crippen LogP contribution in [0.25, 0.3) is 0 Å². The van der Waals surface area contributed by atoms with Crippen LogP contribution in [0.4, 0.5) is 5.69 Å². The number of rotatable bonds is 6. The minimum absolute atomic E-state index is 0.0530. The number of piperidine rings is 1. The smallest absolute Gasteiger partial charge is 0.228 e. The van der Waals surface area contributed by atoms with Gasteiger partial charge in [-0.15, -0.1) is 0 Å². The fourth-order valence-corrected chi connectivity index (χ4v) is 4.94. The van der Waals surface area contributed by atoms with Gasteiger partial charge in [0.05, 0.1) is 24.2 Å². The summed E-state index contributed by atoms with van der Waals surface area (Å²) in [7, 11) is -3.46. The summed E-state index contributed by atoms with van der Waals surface area (Å²) in [6.45, 7) is 0.648. The predicted molar refractivity (Wildman–Crippen MR) is 108 cm³/mol. The molecule has 6 nitrogen and oxygen atoms in total. The minimum atomic E-state index is -3.46. The zero-order chi connectivity index (χ0) is 20.0. The SMILES string of the molecule is N#CCc1ccc(NC(=O)[C@@H]2CCCN(S(=O)(=O)Cc3ccccc3)C2)cc1. The number of amides is 1. The number of nitriles is 1. The second-order valence-electron chi connectivity index (χ2n) is 6.96. The third kappa shape index (κ3) is 5.18. The zero-order valence-corrected chi connectivity index (χ0v) is 16.4. The van der Waals surface area contributed by atoms with Crippen molar-refractivity contribution in [3.05, 3.63) is 65.7 Å². The van der Waals surface area contributed by atoms with Crippen molar-refractivity contribution in [2.75, 3.05) is 18.4 Å². The van der Waals surface area contributed by atoms with Crippen molar-refractivity contribution in [3.63, 3.8) is 0 Å². The Labute approximate surface area is 165 Å². The van der Waals surface area contributed by atoms with Crippen molar-refractivity contribution in [1.82, 2.24) is 4.31 Å². The molecule has 7 heteroatoms. The van der Waals surface area contributed by atoms with Gasteiger partial charge < -0.3 is 5.32 Å². The maximum absolute atomic E-state index is 12.7. The molecule has 0 spiro atoms. The number of carbonyl (C=O) groups excluding carboxylic acids is 1. The topological polar surface area (TPSA) is 90.3 Å². The van der Waals surface area contributed by atoms with Crippen molar-refractivity contribution >= 4 is 21.6 Å². The lowest BCUT2D eigenvalue weighted by molar-refractivity contribution is -0.120. The minimum Gasteiger partial charge on any atom is -0.326 e. The summed E-state index contributed by atoms with van der Waals surface area (Å²) in [5.74, 6) is -0.603. The van der Waals surface area contributed by atoms with Crippen LogP contribution in [0.5, 0.6) is 0 Å². The number of hydrogen-bond donors (Lipinski definition) is 1. The van der Waals surface area contributed by atoms with Gasteiger partial charge in [-0.2, -0.15) is 5.26 Å². The lowest BCUT2D eigenvalue weighted by Crippen LogP contribution is -2.44. The van der Waals surface area contributed by atoms with Gasteiger partial charge in [-0.05, 0) is 36.1 Å². The van der Waals surface area contributed by atoms with Crippen LogP contribution in [0.1, 0.15) is 24.0 Å². The highest BCUT2D eigenvalue weighted by Gasteiger charge is 2.32. The molecule has 2 aromatic rings. The van der Waals surface area contributed by atoms with E-state index in [1.807, 2.05) is 18.2 Å². The number of carbonyl (C=O) groups is 1. The van der Waals surface area contributed by atoms with Gasteiger partial charge in [-0.3, -0.25) is 4.79 Å². The Kier molecular flexibility index (Phi) is 6.45. The molecule has 1 saturated heterocycles. The maximum atomic E-state index is 12.7. The monoisotopic (exact) mass is 397 g/mol. The third-order valence-electron chi connectivity index (χ3n) is 4.84. The standard InChI is InChI=1S/C21H23N3O3S/c22-13-12-17-8-10-20(11-9-17)23-21(25)19-7-4-14-24(15-19)28(26,27)16-18-5-2-1-3-6-18/h1-3,5-6,8-11,19H,4,7,12,14-16H2,(H,23,25)/t19-/m1/s1. The Morgan fingerprint density at radius 2 is 1.82 bits per heavy atom. The molecule has 0 saturated carbocycles. The molecule has 1 atom stereocenters. The Morgan fingerprint density at radius 3 is 2.50 bits per heavy atom. The quantitative estimate of drug-likeness (QED) is 0.811. The van der Waals surface area contributed by atoms with E-state index in [1.165, 1.54) is 4.31 Å². The van der Waals surface area contributed by atoms with E-state index >= 15 is 0 Å². The fourth-order valence-electron chi connectivity index (χ4n) is 3.33. The van der Waals surface area contributed by atoms with Gasteiger partial charge in [-0.25, -0.2) is 12.7 Å². The molecule has 0 aromatic heterocycles. The molecule has 3 rings (SSSR count). The molecule has 0 radical (unpaired) electrons. The molecule has 1 heterocycles. The van der Waals surface area contributed by atoms with Crippen LogP contribution in [-0.4, -0.2) is 31.7 Å². The van der Waals surface area contributed by atoms with E-state index in [9.17, 15) is 13.2 Å². The summed E-state index contributed by atoms with van der Waals surface area (Å²) in [4.78, 5) is 12.6. The van der Waals surface area contributed by atoms with Crippen LogP contribution in [0, 0.1) is 17.2 Å². The van der Waals surface area contributed by atoms with E-state index < -0.39 is 10.0 Å². The lowest BCUT2D eigenvalue weighted by Gasteiger charge is -2.31. The van der Waals surface area contributed by atoms with Crippen molar-refractivity contribution in [2.45, 2.75) is 25.0 Å². The van der Waals surface area contributed by atoms with E-state index in [1.54, 1.807) is 36.4 Å². The molecule has 1 aliphatic rings. The number of nitrogens with zero attached hydrogens (tertiary/aromatic N) is 2. The molecule has 1 amide bonds. The van der Waals surface area contributed by atoms with Crippen LogP contribution in [0.15, 0.2) is 54.6 Å². The van der Waals surface area contributed by atoms with Crippen LogP contribution in [0.2, 0.25) is 0 Å². The fraction of sp³-hybridized carbons (Fsp3) is 0.333. The number of benzene rings is 2. The van der Waals surface area contributed by atoms with E-state index in [0.29, 0.717) is 31.5 Å². The molecule has 0 bridgehead atoms. The van der Waals surface area contributed by atoms with Crippen molar-refractivity contribution in [2.24, 2.45) is 5.92 Å². The van der Waals surface area contributed by atoms with E-state index in [0.717, 1.165) is 11.1 Å². The highest BCUT2D eigenvalue weighted by molar-refractivity contribution is 7.88. The molecular weight excluding hydrogens is 374 g/mol. The van der Waals surface area contributed by atoms with Gasteiger partial charge in [0.25, 0.3) is 0 Å². The molecule has 1 aliphatic heterocycles. The van der Waals surface area contributed by atoms with Gasteiger partial charge in [0.15, 0.2) is 0 Å². The molecule has 0 aliphatic carbocycles. The Morgan fingerprint density at radius 1 is 1.11 bits per heavy atom. The second kappa shape index (κ2) is 9.00. The van der Waals surface area contributed by atoms with Gasteiger partial charge in [0.2, 0.25) is 15.9 Å². The van der Waals surface area contributed by atoms with Gasteiger partial charge in [-0.1, -0.05) is 42.5 Å². The summed E-state index contributed by atoms with van der Waals surface area (Å²) in [6, 6.07) is 18.3. The normalized spacial score (nSPS) is 17.6. The maximum Gasteiger partial charge on any atom is 0.228 e. The average Bonchev–Trinajstić information content (AvgIpc) is 2.70. The van der Waals surface area contributed by atoms with E-state index in [2.05, 4.69) is 11.4 Å². The molecule has 0 unspecified atom stereocenters. The summed E-state index contributed by atoms with van der Waals surface area (Å²) in [5, 5.41) is 11.6. The zero-order valence-electron chi connectivity index (χ0n) is 15.5. The Hall–Kier alpha value is -2.69. The largest absolute Gasteiger partial charge is 0.326 e. The van der Waals surface area contributed by atoms with E-state index in [4.69, 9.17) is 5.26 Å². The molecule has 28 heavy (non-hydrogen) atoms.